The topological polar surface area (TPSA) is 81.5 Å². The van der Waals surface area contributed by atoms with Gasteiger partial charge in [0.1, 0.15) is 17.7 Å². The van der Waals surface area contributed by atoms with E-state index in [1.54, 1.807) is 11.3 Å². The summed E-state index contributed by atoms with van der Waals surface area (Å²) >= 11 is 1.56. The molecule has 5 atom stereocenters. The molecule has 1 unspecified atom stereocenters. The second kappa shape index (κ2) is 10.6. The van der Waals surface area contributed by atoms with Gasteiger partial charge in [-0.2, -0.15) is 0 Å². The Bertz CT molecular complexity index is 1060. The summed E-state index contributed by atoms with van der Waals surface area (Å²) in [5.41, 5.74) is 0. The lowest BCUT2D eigenvalue weighted by Crippen LogP contribution is -2.52. The molecule has 2 saturated heterocycles. The lowest BCUT2D eigenvalue weighted by Gasteiger charge is -2.41. The number of thiophene rings is 1. The van der Waals surface area contributed by atoms with Crippen molar-refractivity contribution in [3.05, 3.63) is 23.1 Å². The fourth-order valence-corrected chi connectivity index (χ4v) is 7.86. The molecule has 202 valence electrons. The third-order valence-corrected chi connectivity index (χ3v) is 9.81. The molecular formula is C28H41N5O3S. The van der Waals surface area contributed by atoms with Crippen molar-refractivity contribution in [2.45, 2.75) is 121 Å². The molecule has 0 spiro atoms. The van der Waals surface area contributed by atoms with Crippen LogP contribution in [0.4, 0.5) is 0 Å². The predicted molar refractivity (Wildman–Crippen MR) is 143 cm³/mol. The molecule has 4 aliphatic rings. The van der Waals surface area contributed by atoms with E-state index in [9.17, 15) is 4.79 Å². The summed E-state index contributed by atoms with van der Waals surface area (Å²) in [6.45, 7) is 7.45. The van der Waals surface area contributed by atoms with E-state index in [1.807, 2.05) is 11.4 Å². The maximum absolute atomic E-state index is 13.2. The van der Waals surface area contributed by atoms with Gasteiger partial charge in [-0.1, -0.05) is 33.1 Å². The first kappa shape index (κ1) is 25.2. The van der Waals surface area contributed by atoms with E-state index in [4.69, 9.17) is 9.47 Å². The zero-order valence-corrected chi connectivity index (χ0v) is 23.2. The monoisotopic (exact) mass is 527 g/mol. The molecule has 1 N–H and O–H groups in total. The first-order valence-electron chi connectivity index (χ1n) is 14.4. The van der Waals surface area contributed by atoms with Gasteiger partial charge in [0.2, 0.25) is 11.0 Å². The smallest absolute Gasteiger partial charge is 0.262 e. The number of rotatable bonds is 8. The van der Waals surface area contributed by atoms with Crippen LogP contribution in [0.2, 0.25) is 0 Å². The largest absolute Gasteiger partial charge is 0.448 e. The fourth-order valence-electron chi connectivity index (χ4n) is 7.16. The van der Waals surface area contributed by atoms with E-state index < -0.39 is 6.29 Å². The van der Waals surface area contributed by atoms with Gasteiger partial charge in [-0.15, -0.1) is 21.5 Å². The maximum atomic E-state index is 13.2. The van der Waals surface area contributed by atoms with Crippen molar-refractivity contribution in [2.24, 2.45) is 5.92 Å². The van der Waals surface area contributed by atoms with Crippen LogP contribution in [0.5, 0.6) is 10.8 Å². The van der Waals surface area contributed by atoms with E-state index in [0.717, 1.165) is 74.0 Å². The van der Waals surface area contributed by atoms with E-state index >= 15 is 0 Å². The molecule has 9 heteroatoms. The summed E-state index contributed by atoms with van der Waals surface area (Å²) in [5.74, 6) is 3.64. The molecule has 3 fully saturated rings. The second-order valence-electron chi connectivity index (χ2n) is 11.8. The molecule has 2 bridgehead atoms. The Labute approximate surface area is 224 Å². The highest BCUT2D eigenvalue weighted by Crippen LogP contribution is 2.43. The molecule has 6 rings (SSSR count). The van der Waals surface area contributed by atoms with Crippen molar-refractivity contribution in [3.63, 3.8) is 0 Å². The lowest BCUT2D eigenvalue weighted by molar-refractivity contribution is -0.128. The summed E-state index contributed by atoms with van der Waals surface area (Å²) in [5, 5.41) is 15.1. The molecular weight excluding hydrogens is 486 g/mol. The molecule has 0 radical (unpaired) electrons. The van der Waals surface area contributed by atoms with E-state index in [0.29, 0.717) is 24.0 Å². The van der Waals surface area contributed by atoms with Crippen LogP contribution >= 0.6 is 11.3 Å². The minimum Gasteiger partial charge on any atom is -0.448 e. The minimum absolute atomic E-state index is 0.126. The Morgan fingerprint density at radius 2 is 1.84 bits per heavy atom. The van der Waals surface area contributed by atoms with E-state index in [1.165, 1.54) is 19.3 Å². The second-order valence-corrected chi connectivity index (χ2v) is 12.7. The van der Waals surface area contributed by atoms with Gasteiger partial charge >= 0.3 is 0 Å². The molecule has 1 amide bonds. The minimum atomic E-state index is -0.446. The number of aromatic nitrogens is 3. The summed E-state index contributed by atoms with van der Waals surface area (Å²) in [7, 11) is 0. The standard InChI is InChI=1S/C28H41N5O3S/c1-17(2)25-31-30-18(3)33(25)22-15-20-9-10-21(16-22)32(20)13-11-23(27-35-24-12-14-37-28(24)36-27)29-26(34)19-7-5-4-6-8-19/h12,14,17,19-23,27H,4-11,13,15-16H2,1-3H3,(H,29,34)/t20-,21+,22-,23-,27?/m0/s1. The van der Waals surface area contributed by atoms with E-state index in [-0.39, 0.29) is 17.9 Å². The Balaban J connectivity index is 1.12. The fraction of sp³-hybridized carbons (Fsp3) is 0.750. The molecule has 2 aromatic rings. The number of piperidine rings is 1. The number of hydrogen-bond acceptors (Lipinski definition) is 7. The van der Waals surface area contributed by atoms with Gasteiger partial charge < -0.3 is 19.4 Å². The van der Waals surface area contributed by atoms with Crippen molar-refractivity contribution in [1.82, 2.24) is 25.0 Å². The Hall–Kier alpha value is -2.13. The van der Waals surface area contributed by atoms with Crippen LogP contribution in [0.1, 0.15) is 102 Å². The molecule has 37 heavy (non-hydrogen) atoms. The SMILES string of the molecule is Cc1nnc(C(C)C)n1[C@@H]1C[C@H]2CC[C@@H](C1)N2CC[C@H](NC(=O)C1CCCCC1)C1Oc2ccsc2O1. The first-order valence-corrected chi connectivity index (χ1v) is 15.2. The van der Waals surface area contributed by atoms with Crippen LogP contribution in [0.3, 0.4) is 0 Å². The molecule has 0 aromatic carbocycles. The lowest BCUT2D eigenvalue weighted by atomic mass is 9.88. The van der Waals surface area contributed by atoms with Gasteiger partial charge in [-0.3, -0.25) is 9.69 Å². The van der Waals surface area contributed by atoms with Gasteiger partial charge in [-0.05, 0) is 63.3 Å². The predicted octanol–water partition coefficient (Wildman–Crippen LogP) is 5.19. The van der Waals surface area contributed by atoms with Gasteiger partial charge in [0.25, 0.3) is 6.29 Å². The molecule has 1 aliphatic carbocycles. The zero-order chi connectivity index (χ0) is 25.5. The average molecular weight is 528 g/mol. The third-order valence-electron chi connectivity index (χ3n) is 9.03. The first-order chi connectivity index (χ1) is 18.0. The number of aryl methyl sites for hydroxylation is 1. The van der Waals surface area contributed by atoms with Crippen LogP contribution in [0.15, 0.2) is 11.4 Å². The Morgan fingerprint density at radius 1 is 1.08 bits per heavy atom. The molecule has 1 saturated carbocycles. The summed E-state index contributed by atoms with van der Waals surface area (Å²) in [6, 6.07) is 3.41. The number of hydrogen-bond donors (Lipinski definition) is 1. The van der Waals surface area contributed by atoms with Crippen LogP contribution in [-0.2, 0) is 4.79 Å². The molecule has 5 heterocycles. The zero-order valence-electron chi connectivity index (χ0n) is 22.4. The average Bonchev–Trinajstić information content (AvgIpc) is 3.64. The van der Waals surface area contributed by atoms with Crippen molar-refractivity contribution in [2.75, 3.05) is 6.54 Å². The maximum Gasteiger partial charge on any atom is 0.262 e. The van der Waals surface area contributed by atoms with Crippen molar-refractivity contribution >= 4 is 17.2 Å². The molecule has 8 nitrogen and oxygen atoms in total. The van der Waals surface area contributed by atoms with Gasteiger partial charge in [0, 0.05) is 36.5 Å². The number of carbonyl (C=O) groups is 1. The van der Waals surface area contributed by atoms with Crippen molar-refractivity contribution in [3.8, 4) is 10.8 Å². The van der Waals surface area contributed by atoms with Crippen molar-refractivity contribution < 1.29 is 14.3 Å². The number of nitrogens with one attached hydrogen (secondary N) is 1. The molecule has 3 aliphatic heterocycles. The van der Waals surface area contributed by atoms with Crippen molar-refractivity contribution in [1.29, 1.82) is 0 Å². The number of nitrogens with zero attached hydrogens (tertiary/aromatic N) is 4. The van der Waals surface area contributed by atoms with Gasteiger partial charge in [-0.25, -0.2) is 0 Å². The highest BCUT2D eigenvalue weighted by atomic mass is 32.1. The van der Waals surface area contributed by atoms with Crippen LogP contribution < -0.4 is 14.8 Å². The number of amides is 1. The highest BCUT2D eigenvalue weighted by molar-refractivity contribution is 7.12. The van der Waals surface area contributed by atoms with Crippen LogP contribution in [-0.4, -0.2) is 56.5 Å². The number of ether oxygens (including phenoxy) is 2. The molecule has 2 aromatic heterocycles. The number of fused-ring (bicyclic) bond motifs is 3. The van der Waals surface area contributed by atoms with E-state index in [2.05, 4.69) is 45.8 Å². The summed E-state index contributed by atoms with van der Waals surface area (Å²) in [4.78, 5) is 15.9. The Kier molecular flexibility index (Phi) is 7.18. The van der Waals surface area contributed by atoms with Gasteiger partial charge in [0.05, 0.1) is 0 Å². The third kappa shape index (κ3) is 5.01. The normalized spacial score (nSPS) is 28.6. The Morgan fingerprint density at radius 3 is 2.54 bits per heavy atom. The highest BCUT2D eigenvalue weighted by Gasteiger charge is 2.43. The summed E-state index contributed by atoms with van der Waals surface area (Å²) in [6.07, 6.45) is 10.7. The van der Waals surface area contributed by atoms with Gasteiger partial charge in [0.15, 0.2) is 5.75 Å². The number of carbonyl (C=O) groups excluding carboxylic acids is 1. The van der Waals surface area contributed by atoms with Crippen LogP contribution in [0.25, 0.3) is 0 Å². The quantitative estimate of drug-likeness (QED) is 0.509. The van der Waals surface area contributed by atoms with Crippen LogP contribution in [0, 0.1) is 12.8 Å². The summed E-state index contributed by atoms with van der Waals surface area (Å²) < 4.78 is 14.7.